The van der Waals surface area contributed by atoms with Gasteiger partial charge in [0.15, 0.2) is 0 Å². The third kappa shape index (κ3) is 3.45. The number of hydrogen-bond acceptors (Lipinski definition) is 3. The molecule has 4 rings (SSSR count). The second kappa shape index (κ2) is 7.27. The number of fused-ring (bicyclic) bond motifs is 1. The molecule has 0 spiro atoms. The van der Waals surface area contributed by atoms with Crippen molar-refractivity contribution in [3.63, 3.8) is 0 Å². The van der Waals surface area contributed by atoms with Crippen LogP contribution < -0.4 is 0 Å². The van der Waals surface area contributed by atoms with Crippen LogP contribution in [0.15, 0.2) is 54.6 Å². The van der Waals surface area contributed by atoms with Crippen molar-refractivity contribution in [1.82, 2.24) is 14.7 Å². The first-order valence-corrected chi connectivity index (χ1v) is 9.28. The molecule has 3 aromatic rings. The predicted octanol–water partition coefficient (Wildman–Crippen LogP) is 2.96. The number of aromatic hydroxyl groups is 1. The van der Waals surface area contributed by atoms with E-state index in [1.807, 2.05) is 40.9 Å². The predicted molar refractivity (Wildman–Crippen MR) is 104 cm³/mol. The van der Waals surface area contributed by atoms with Crippen molar-refractivity contribution >= 4 is 5.91 Å². The maximum Gasteiger partial charge on any atom is 0.227 e. The summed E-state index contributed by atoms with van der Waals surface area (Å²) in [6, 6.07) is 17.3. The van der Waals surface area contributed by atoms with E-state index < -0.39 is 0 Å². The molecule has 0 unspecified atom stereocenters. The Labute approximate surface area is 158 Å². The number of amides is 1. The number of carbonyl (C=O) groups is 1. The summed E-state index contributed by atoms with van der Waals surface area (Å²) in [4.78, 5) is 14.6. The third-order valence-corrected chi connectivity index (χ3v) is 5.21. The summed E-state index contributed by atoms with van der Waals surface area (Å²) in [5, 5.41) is 14.6. The van der Waals surface area contributed by atoms with Crippen LogP contribution in [0.4, 0.5) is 0 Å². The number of para-hydroxylation sites is 1. The number of phenolic OH excluding ortho intramolecular Hbond substituents is 1. The summed E-state index contributed by atoms with van der Waals surface area (Å²) in [6.07, 6.45) is 1.77. The van der Waals surface area contributed by atoms with Crippen LogP contribution in [0.25, 0.3) is 11.3 Å². The number of carbonyl (C=O) groups excluding carboxylic acids is 1. The van der Waals surface area contributed by atoms with Crippen molar-refractivity contribution in [2.24, 2.45) is 7.05 Å². The van der Waals surface area contributed by atoms with Crippen molar-refractivity contribution in [1.29, 1.82) is 0 Å². The quantitative estimate of drug-likeness (QED) is 0.780. The molecule has 1 N–H and O–H groups in total. The van der Waals surface area contributed by atoms with Crippen LogP contribution in [0.1, 0.15) is 16.8 Å². The number of benzene rings is 2. The fourth-order valence-electron chi connectivity index (χ4n) is 3.83. The van der Waals surface area contributed by atoms with Crippen LogP contribution >= 0.6 is 0 Å². The molecule has 1 amide bonds. The zero-order valence-corrected chi connectivity index (χ0v) is 15.4. The summed E-state index contributed by atoms with van der Waals surface area (Å²) in [7, 11) is 1.98. The Balaban J connectivity index is 1.53. The van der Waals surface area contributed by atoms with Crippen molar-refractivity contribution in [3.8, 4) is 17.0 Å². The van der Waals surface area contributed by atoms with E-state index in [1.165, 1.54) is 5.56 Å². The smallest absolute Gasteiger partial charge is 0.227 e. The molecule has 27 heavy (non-hydrogen) atoms. The zero-order valence-electron chi connectivity index (χ0n) is 15.4. The lowest BCUT2D eigenvalue weighted by Gasteiger charge is -2.20. The zero-order chi connectivity index (χ0) is 18.8. The first-order valence-electron chi connectivity index (χ1n) is 9.28. The lowest BCUT2D eigenvalue weighted by atomic mass is 10.0. The number of aryl methyl sites for hydroxylation is 1. The van der Waals surface area contributed by atoms with Crippen molar-refractivity contribution in [2.45, 2.75) is 19.3 Å². The molecule has 0 aliphatic carbocycles. The normalized spacial score (nSPS) is 13.9. The number of phenols is 1. The maximum atomic E-state index is 12.8. The number of hydrogen-bond donors (Lipinski definition) is 1. The summed E-state index contributed by atoms with van der Waals surface area (Å²) in [5.41, 5.74) is 5.28. The summed E-state index contributed by atoms with van der Waals surface area (Å²) in [5.74, 6) is 0.227. The highest BCUT2D eigenvalue weighted by Crippen LogP contribution is 2.28. The molecule has 0 bridgehead atoms. The van der Waals surface area contributed by atoms with E-state index in [0.717, 1.165) is 29.8 Å². The molecule has 138 valence electrons. The van der Waals surface area contributed by atoms with Gasteiger partial charge in [0.25, 0.3) is 0 Å². The molecule has 1 aliphatic heterocycles. The molecule has 0 saturated carbocycles. The van der Waals surface area contributed by atoms with Gasteiger partial charge in [0, 0.05) is 43.2 Å². The highest BCUT2D eigenvalue weighted by molar-refractivity contribution is 5.79. The van der Waals surface area contributed by atoms with Crippen LogP contribution in [0.3, 0.4) is 0 Å². The third-order valence-electron chi connectivity index (χ3n) is 5.21. The molecular weight excluding hydrogens is 338 g/mol. The van der Waals surface area contributed by atoms with Gasteiger partial charge >= 0.3 is 0 Å². The molecule has 2 aromatic carbocycles. The summed E-state index contributed by atoms with van der Waals surface area (Å²) in [6.45, 7) is 1.33. The Bertz CT molecular complexity index is 963. The standard InChI is InChI=1S/C22H23N3O2/c1-24-22(16-7-3-2-4-8-16)18-11-13-25(14-12-19(18)23-24)21(27)15-17-9-5-6-10-20(17)26/h2-10,26H,11-15H2,1H3. The Kier molecular flexibility index (Phi) is 4.67. The molecule has 5 heteroatoms. The molecule has 0 radical (unpaired) electrons. The molecule has 0 saturated heterocycles. The fraction of sp³-hybridized carbons (Fsp3) is 0.273. The first-order chi connectivity index (χ1) is 13.1. The average molecular weight is 361 g/mol. The van der Waals surface area contributed by atoms with Crippen LogP contribution in [0.5, 0.6) is 5.75 Å². The van der Waals surface area contributed by atoms with Crippen LogP contribution in [-0.4, -0.2) is 38.8 Å². The molecular formula is C22H23N3O2. The van der Waals surface area contributed by atoms with E-state index in [9.17, 15) is 9.90 Å². The Morgan fingerprint density at radius 3 is 2.52 bits per heavy atom. The summed E-state index contributed by atoms with van der Waals surface area (Å²) < 4.78 is 1.96. The van der Waals surface area contributed by atoms with Crippen LogP contribution in [0.2, 0.25) is 0 Å². The van der Waals surface area contributed by atoms with Gasteiger partial charge < -0.3 is 10.0 Å². The lowest BCUT2D eigenvalue weighted by molar-refractivity contribution is -0.130. The van der Waals surface area contributed by atoms with Crippen molar-refractivity contribution < 1.29 is 9.90 Å². The molecule has 0 fully saturated rings. The van der Waals surface area contributed by atoms with Gasteiger partial charge in [0.05, 0.1) is 17.8 Å². The Hall–Kier alpha value is -3.08. The van der Waals surface area contributed by atoms with Gasteiger partial charge in [-0.1, -0.05) is 48.5 Å². The Morgan fingerprint density at radius 1 is 1.04 bits per heavy atom. The van der Waals surface area contributed by atoms with Crippen LogP contribution in [0, 0.1) is 0 Å². The van der Waals surface area contributed by atoms with E-state index in [1.54, 1.807) is 18.2 Å². The van der Waals surface area contributed by atoms with Gasteiger partial charge in [-0.2, -0.15) is 5.10 Å². The minimum absolute atomic E-state index is 0.0484. The van der Waals surface area contributed by atoms with E-state index in [0.29, 0.717) is 18.7 Å². The number of nitrogens with zero attached hydrogens (tertiary/aromatic N) is 3. The monoisotopic (exact) mass is 361 g/mol. The van der Waals surface area contributed by atoms with Gasteiger partial charge in [-0.15, -0.1) is 0 Å². The lowest BCUT2D eigenvalue weighted by Crippen LogP contribution is -2.34. The minimum Gasteiger partial charge on any atom is -0.508 e. The fourth-order valence-corrected chi connectivity index (χ4v) is 3.83. The van der Waals surface area contributed by atoms with Gasteiger partial charge in [-0.25, -0.2) is 0 Å². The van der Waals surface area contributed by atoms with Gasteiger partial charge in [-0.3, -0.25) is 9.48 Å². The van der Waals surface area contributed by atoms with E-state index in [-0.39, 0.29) is 18.1 Å². The van der Waals surface area contributed by atoms with Gasteiger partial charge in [0.2, 0.25) is 5.91 Å². The van der Waals surface area contributed by atoms with Crippen molar-refractivity contribution in [3.05, 3.63) is 71.4 Å². The molecule has 0 atom stereocenters. The molecule has 2 heterocycles. The minimum atomic E-state index is 0.0484. The SMILES string of the molecule is Cn1nc2c(c1-c1ccccc1)CCN(C(=O)Cc1ccccc1O)CC2. The van der Waals surface area contributed by atoms with E-state index in [4.69, 9.17) is 5.10 Å². The Morgan fingerprint density at radius 2 is 1.74 bits per heavy atom. The van der Waals surface area contributed by atoms with Crippen LogP contribution in [-0.2, 0) is 31.1 Å². The highest BCUT2D eigenvalue weighted by atomic mass is 16.3. The van der Waals surface area contributed by atoms with E-state index >= 15 is 0 Å². The van der Waals surface area contributed by atoms with E-state index in [2.05, 4.69) is 12.1 Å². The maximum absolute atomic E-state index is 12.8. The van der Waals surface area contributed by atoms with Gasteiger partial charge in [0.1, 0.15) is 5.75 Å². The van der Waals surface area contributed by atoms with Crippen molar-refractivity contribution in [2.75, 3.05) is 13.1 Å². The first kappa shape index (κ1) is 17.3. The van der Waals surface area contributed by atoms with Gasteiger partial charge in [-0.05, 0) is 12.5 Å². The number of rotatable bonds is 3. The molecule has 1 aromatic heterocycles. The molecule has 1 aliphatic rings. The largest absolute Gasteiger partial charge is 0.508 e. The average Bonchev–Trinajstić information content (AvgIpc) is 2.85. The number of aromatic nitrogens is 2. The summed E-state index contributed by atoms with van der Waals surface area (Å²) >= 11 is 0. The second-order valence-electron chi connectivity index (χ2n) is 6.95. The molecule has 5 nitrogen and oxygen atoms in total. The highest BCUT2D eigenvalue weighted by Gasteiger charge is 2.24. The second-order valence-corrected chi connectivity index (χ2v) is 6.95. The topological polar surface area (TPSA) is 58.4 Å².